The van der Waals surface area contributed by atoms with Crippen LogP contribution in [0.15, 0.2) is 121 Å². The van der Waals surface area contributed by atoms with Crippen LogP contribution in [0, 0.1) is 37.1 Å². The predicted octanol–water partition coefficient (Wildman–Crippen LogP) is 12.3. The SMILES string of the molecule is Cc1cc(-c2ccc(-c3ccc(F)cc3)c(F)c2)ccc1OCOc1ccc(-c2ccc(-c3ccc(F)cc3)c(F)c2)cc1C.FCCCF. The van der Waals surface area contributed by atoms with E-state index in [-0.39, 0.29) is 36.5 Å². The van der Waals surface area contributed by atoms with Crippen molar-refractivity contribution in [1.29, 1.82) is 0 Å². The minimum atomic E-state index is -0.531. The molecule has 0 saturated heterocycles. The van der Waals surface area contributed by atoms with Crippen LogP contribution in [0.4, 0.5) is 26.3 Å². The highest BCUT2D eigenvalue weighted by molar-refractivity contribution is 5.73. The smallest absolute Gasteiger partial charge is 0.230 e. The van der Waals surface area contributed by atoms with Crippen molar-refractivity contribution in [3.63, 3.8) is 0 Å². The van der Waals surface area contributed by atoms with Crippen LogP contribution in [0.5, 0.6) is 11.5 Å². The Morgan fingerprint density at radius 3 is 1.08 bits per heavy atom. The van der Waals surface area contributed by atoms with Gasteiger partial charge in [-0.25, -0.2) is 17.6 Å². The molecule has 2 nitrogen and oxygen atoms in total. The van der Waals surface area contributed by atoms with Gasteiger partial charge in [0.25, 0.3) is 0 Å². The summed E-state index contributed by atoms with van der Waals surface area (Å²) < 4.78 is 89.7. The fraction of sp³-hybridized carbons (Fsp3) is 0.143. The zero-order valence-electron chi connectivity index (χ0n) is 27.5. The van der Waals surface area contributed by atoms with Gasteiger partial charge in [-0.05, 0) is 119 Å². The number of halogens is 6. The van der Waals surface area contributed by atoms with Gasteiger partial charge in [0.15, 0.2) is 0 Å². The number of alkyl halides is 2. The second-order valence-electron chi connectivity index (χ2n) is 11.5. The van der Waals surface area contributed by atoms with Crippen LogP contribution in [-0.4, -0.2) is 20.1 Å². The molecule has 0 heterocycles. The Balaban J connectivity index is 0.000000908. The lowest BCUT2D eigenvalue weighted by molar-refractivity contribution is 0.118. The highest BCUT2D eigenvalue weighted by Crippen LogP contribution is 2.33. The van der Waals surface area contributed by atoms with Crippen molar-refractivity contribution < 1.29 is 35.8 Å². The molecule has 0 bridgehead atoms. The Morgan fingerprint density at radius 1 is 0.420 bits per heavy atom. The van der Waals surface area contributed by atoms with Crippen molar-refractivity contribution in [2.75, 3.05) is 20.1 Å². The maximum Gasteiger partial charge on any atom is 0.230 e. The van der Waals surface area contributed by atoms with E-state index in [1.807, 2.05) is 62.4 Å². The zero-order chi connectivity index (χ0) is 35.6. The molecule has 0 aromatic heterocycles. The summed E-state index contributed by atoms with van der Waals surface area (Å²) in [5, 5.41) is 0. The molecule has 6 aromatic carbocycles. The molecule has 0 aliphatic rings. The van der Waals surface area contributed by atoms with E-state index < -0.39 is 13.3 Å². The summed E-state index contributed by atoms with van der Waals surface area (Å²) in [5.41, 5.74) is 6.83. The van der Waals surface area contributed by atoms with Gasteiger partial charge < -0.3 is 9.47 Å². The minimum Gasteiger partial charge on any atom is -0.457 e. The van der Waals surface area contributed by atoms with Crippen LogP contribution in [0.2, 0.25) is 0 Å². The lowest BCUT2D eigenvalue weighted by Crippen LogP contribution is -2.07. The number of benzene rings is 6. The van der Waals surface area contributed by atoms with Crippen LogP contribution in [0.1, 0.15) is 17.5 Å². The molecule has 50 heavy (non-hydrogen) atoms. The van der Waals surface area contributed by atoms with E-state index >= 15 is 0 Å². The molecule has 0 N–H and O–H groups in total. The molecule has 6 aromatic rings. The summed E-state index contributed by atoms with van der Waals surface area (Å²) in [6.45, 7) is 2.72. The first-order valence-corrected chi connectivity index (χ1v) is 15.9. The van der Waals surface area contributed by atoms with Crippen LogP contribution in [-0.2, 0) is 0 Å². The van der Waals surface area contributed by atoms with E-state index in [1.54, 1.807) is 36.4 Å². The number of hydrogen-bond donors (Lipinski definition) is 0. The lowest BCUT2D eigenvalue weighted by atomic mass is 9.98. The molecule has 0 fully saturated rings. The van der Waals surface area contributed by atoms with Crippen LogP contribution >= 0.6 is 0 Å². The molecule has 8 heteroatoms. The Kier molecular flexibility index (Phi) is 12.0. The molecule has 0 radical (unpaired) electrons. The van der Waals surface area contributed by atoms with Gasteiger partial charge >= 0.3 is 0 Å². The summed E-state index contributed by atoms with van der Waals surface area (Å²) in [4.78, 5) is 0. The summed E-state index contributed by atoms with van der Waals surface area (Å²) in [6, 6.07) is 32.6. The molecule has 0 aliphatic carbocycles. The van der Waals surface area contributed by atoms with E-state index in [4.69, 9.17) is 9.47 Å². The normalized spacial score (nSPS) is 10.7. The minimum absolute atomic E-state index is 0.0254. The van der Waals surface area contributed by atoms with E-state index in [1.165, 1.54) is 36.4 Å². The van der Waals surface area contributed by atoms with Crippen molar-refractivity contribution in [2.45, 2.75) is 20.3 Å². The molecule has 0 unspecified atom stereocenters. The van der Waals surface area contributed by atoms with Gasteiger partial charge in [-0.2, -0.15) is 0 Å². The number of aryl methyl sites for hydroxylation is 2. The van der Waals surface area contributed by atoms with E-state index in [9.17, 15) is 26.3 Å². The quantitative estimate of drug-likeness (QED) is 0.106. The van der Waals surface area contributed by atoms with Gasteiger partial charge in [0.2, 0.25) is 6.79 Å². The second-order valence-corrected chi connectivity index (χ2v) is 11.5. The maximum absolute atomic E-state index is 14.9. The molecule has 0 atom stereocenters. The summed E-state index contributed by atoms with van der Waals surface area (Å²) in [5.74, 6) is -0.250. The van der Waals surface area contributed by atoms with Crippen LogP contribution in [0.3, 0.4) is 0 Å². The van der Waals surface area contributed by atoms with Crippen molar-refractivity contribution in [3.8, 4) is 56.0 Å². The largest absolute Gasteiger partial charge is 0.457 e. The fourth-order valence-electron chi connectivity index (χ4n) is 5.31. The third kappa shape index (κ3) is 8.94. The first-order chi connectivity index (χ1) is 24.2. The Labute approximate surface area is 287 Å². The number of ether oxygens (including phenoxy) is 2. The highest BCUT2D eigenvalue weighted by Gasteiger charge is 2.12. The van der Waals surface area contributed by atoms with Gasteiger partial charge in [-0.3, -0.25) is 8.78 Å². The van der Waals surface area contributed by atoms with Crippen molar-refractivity contribution in [1.82, 2.24) is 0 Å². The standard InChI is InChI=1S/C39H28F4O2.C3H6F2/c1-24-19-28(30-7-15-34(36(42)21-30)26-3-11-32(40)12-4-26)9-17-38(24)44-23-45-39-18-10-29(20-25(39)2)31-8-16-35(37(43)22-31)27-5-13-33(41)14-6-27;4-2-1-3-5/h3-22H,23H2,1-2H3;1-3H2. The average Bonchev–Trinajstić information content (AvgIpc) is 3.11. The van der Waals surface area contributed by atoms with Gasteiger partial charge in [0.1, 0.15) is 34.8 Å². The molecule has 0 spiro atoms. The topological polar surface area (TPSA) is 18.5 Å². The molecule has 256 valence electrons. The predicted molar refractivity (Wildman–Crippen MR) is 187 cm³/mol. The third-order valence-electron chi connectivity index (χ3n) is 7.96. The first-order valence-electron chi connectivity index (χ1n) is 15.9. The van der Waals surface area contributed by atoms with Gasteiger partial charge in [-0.1, -0.05) is 60.7 Å². The van der Waals surface area contributed by atoms with Gasteiger partial charge in [0.05, 0.1) is 13.3 Å². The second kappa shape index (κ2) is 16.7. The van der Waals surface area contributed by atoms with Crippen LogP contribution < -0.4 is 9.47 Å². The molecular weight excluding hydrogens is 650 g/mol. The van der Waals surface area contributed by atoms with E-state index in [2.05, 4.69) is 0 Å². The highest BCUT2D eigenvalue weighted by atomic mass is 19.1. The molecule has 6 rings (SSSR count). The molecular formula is C42H34F6O2. The van der Waals surface area contributed by atoms with Gasteiger partial charge in [-0.15, -0.1) is 0 Å². The fourth-order valence-corrected chi connectivity index (χ4v) is 5.31. The molecule has 0 aliphatic heterocycles. The molecule has 0 amide bonds. The van der Waals surface area contributed by atoms with E-state index in [0.717, 1.165) is 22.3 Å². The summed E-state index contributed by atoms with van der Waals surface area (Å²) in [7, 11) is 0. The maximum atomic E-state index is 14.9. The third-order valence-corrected chi connectivity index (χ3v) is 7.96. The summed E-state index contributed by atoms with van der Waals surface area (Å²) >= 11 is 0. The number of hydrogen-bond acceptors (Lipinski definition) is 2. The first kappa shape index (κ1) is 35.8. The Bertz CT molecular complexity index is 1900. The van der Waals surface area contributed by atoms with Crippen LogP contribution in [0.25, 0.3) is 44.5 Å². The van der Waals surface area contributed by atoms with Crippen molar-refractivity contribution >= 4 is 0 Å². The average molecular weight is 685 g/mol. The van der Waals surface area contributed by atoms with Gasteiger partial charge in [0, 0.05) is 17.5 Å². The Hall–Kier alpha value is -5.50. The number of rotatable bonds is 10. The van der Waals surface area contributed by atoms with E-state index in [0.29, 0.717) is 44.9 Å². The lowest BCUT2D eigenvalue weighted by Gasteiger charge is -2.14. The van der Waals surface area contributed by atoms with Crippen molar-refractivity contribution in [3.05, 3.63) is 156 Å². The summed E-state index contributed by atoms with van der Waals surface area (Å²) in [6.07, 6.45) is 0.0556. The van der Waals surface area contributed by atoms with Crippen molar-refractivity contribution in [2.24, 2.45) is 0 Å². The monoisotopic (exact) mass is 684 g/mol. The zero-order valence-corrected chi connectivity index (χ0v) is 27.5. The Morgan fingerprint density at radius 2 is 0.760 bits per heavy atom. The molecule has 0 saturated carbocycles.